The summed E-state index contributed by atoms with van der Waals surface area (Å²) in [6, 6.07) is 9.60. The number of hydrogen-bond donors (Lipinski definition) is 1. The van der Waals surface area contributed by atoms with Crippen molar-refractivity contribution in [2.75, 3.05) is 31.1 Å². The van der Waals surface area contributed by atoms with Gasteiger partial charge in [-0.15, -0.1) is 0 Å². The van der Waals surface area contributed by atoms with Crippen molar-refractivity contribution in [3.05, 3.63) is 82.1 Å². The van der Waals surface area contributed by atoms with Gasteiger partial charge in [0, 0.05) is 53.3 Å². The van der Waals surface area contributed by atoms with Gasteiger partial charge in [-0.2, -0.15) is 0 Å². The van der Waals surface area contributed by atoms with Gasteiger partial charge < -0.3 is 15.0 Å². The summed E-state index contributed by atoms with van der Waals surface area (Å²) >= 11 is 12.2. The Balaban J connectivity index is 1.23. The Kier molecular flexibility index (Phi) is 8.65. The molecule has 7 heteroatoms. The number of nitrogens with one attached hydrogen (secondary N) is 1. The number of amides is 1. The molecule has 1 N–H and O–H groups in total. The van der Waals surface area contributed by atoms with Crippen molar-refractivity contribution in [1.29, 1.82) is 0 Å². The number of aromatic nitrogens is 1. The number of pyridine rings is 1. The molecule has 1 aliphatic carbocycles. The van der Waals surface area contributed by atoms with E-state index in [1.165, 1.54) is 5.69 Å². The van der Waals surface area contributed by atoms with Gasteiger partial charge in [0.1, 0.15) is 0 Å². The summed E-state index contributed by atoms with van der Waals surface area (Å²) in [4.78, 5) is 19.3. The second kappa shape index (κ2) is 11.9. The van der Waals surface area contributed by atoms with Crippen LogP contribution < -0.4 is 10.2 Å². The van der Waals surface area contributed by atoms with E-state index in [0.29, 0.717) is 42.0 Å². The molecular formula is C27H31Cl2N3O2. The van der Waals surface area contributed by atoms with Gasteiger partial charge in [-0.25, -0.2) is 0 Å². The van der Waals surface area contributed by atoms with Crippen molar-refractivity contribution in [2.24, 2.45) is 5.92 Å². The van der Waals surface area contributed by atoms with E-state index in [9.17, 15) is 4.79 Å². The third kappa shape index (κ3) is 6.84. The molecule has 1 unspecified atom stereocenters. The van der Waals surface area contributed by atoms with Gasteiger partial charge in [0.15, 0.2) is 0 Å². The number of nitrogens with zero attached hydrogens (tertiary/aromatic N) is 2. The summed E-state index contributed by atoms with van der Waals surface area (Å²) in [6.07, 6.45) is 9.64. The van der Waals surface area contributed by atoms with Crippen LogP contribution in [0.15, 0.2) is 66.5 Å². The topological polar surface area (TPSA) is 54.5 Å². The van der Waals surface area contributed by atoms with Crippen LogP contribution in [-0.4, -0.2) is 43.2 Å². The van der Waals surface area contributed by atoms with Gasteiger partial charge in [-0.05, 0) is 85.6 Å². The zero-order valence-corrected chi connectivity index (χ0v) is 20.8. The Morgan fingerprint density at radius 3 is 2.53 bits per heavy atom. The van der Waals surface area contributed by atoms with Crippen molar-refractivity contribution in [3.63, 3.8) is 0 Å². The maximum absolute atomic E-state index is 12.8. The number of piperidine rings is 1. The van der Waals surface area contributed by atoms with Gasteiger partial charge in [0.05, 0.1) is 12.7 Å². The Morgan fingerprint density at radius 1 is 1.12 bits per heavy atom. The second-order valence-corrected chi connectivity index (χ2v) is 9.89. The van der Waals surface area contributed by atoms with Crippen LogP contribution in [0.2, 0.25) is 10.0 Å². The molecule has 0 radical (unpaired) electrons. The van der Waals surface area contributed by atoms with Crippen molar-refractivity contribution < 1.29 is 9.53 Å². The molecule has 0 bridgehead atoms. The minimum absolute atomic E-state index is 0.0132. The smallest absolute Gasteiger partial charge is 0.247 e. The molecule has 1 atom stereocenters. The Labute approximate surface area is 211 Å². The molecule has 0 spiro atoms. The summed E-state index contributed by atoms with van der Waals surface area (Å²) in [5.74, 6) is 0.511. The van der Waals surface area contributed by atoms with Crippen molar-refractivity contribution in [2.45, 2.75) is 38.2 Å². The predicted molar refractivity (Wildman–Crippen MR) is 139 cm³/mol. The van der Waals surface area contributed by atoms with Crippen LogP contribution in [0, 0.1) is 5.92 Å². The number of hydrogen-bond acceptors (Lipinski definition) is 4. The first-order valence-electron chi connectivity index (χ1n) is 11.9. The van der Waals surface area contributed by atoms with Crippen LogP contribution in [-0.2, 0) is 16.0 Å². The van der Waals surface area contributed by atoms with E-state index >= 15 is 0 Å². The molecule has 4 rings (SSSR count). The zero-order valence-electron chi connectivity index (χ0n) is 19.3. The fourth-order valence-corrected chi connectivity index (χ4v) is 5.11. The molecule has 0 saturated carbocycles. The fourth-order valence-electron chi connectivity index (χ4n) is 4.54. The van der Waals surface area contributed by atoms with Gasteiger partial charge >= 0.3 is 0 Å². The molecule has 2 aliphatic rings. The molecule has 180 valence electrons. The lowest BCUT2D eigenvalue weighted by Gasteiger charge is -2.33. The van der Waals surface area contributed by atoms with Gasteiger partial charge in [0.25, 0.3) is 0 Å². The maximum atomic E-state index is 12.8. The molecule has 34 heavy (non-hydrogen) atoms. The number of rotatable bonds is 8. The summed E-state index contributed by atoms with van der Waals surface area (Å²) < 4.78 is 6.06. The number of anilines is 1. The molecule has 1 fully saturated rings. The lowest BCUT2D eigenvalue weighted by atomic mass is 9.92. The first-order valence-corrected chi connectivity index (χ1v) is 12.6. The van der Waals surface area contributed by atoms with Crippen molar-refractivity contribution >= 4 is 34.8 Å². The third-order valence-electron chi connectivity index (χ3n) is 6.57. The highest BCUT2D eigenvalue weighted by Gasteiger charge is 2.24. The minimum atomic E-state index is -0.243. The molecule has 2 heterocycles. The normalized spacial score (nSPS) is 19.1. The average Bonchev–Trinajstić information content (AvgIpc) is 2.84. The molecular weight excluding hydrogens is 469 g/mol. The number of benzene rings is 1. The summed E-state index contributed by atoms with van der Waals surface area (Å²) in [5, 5.41) is 4.39. The van der Waals surface area contributed by atoms with Crippen molar-refractivity contribution in [3.8, 4) is 0 Å². The lowest BCUT2D eigenvalue weighted by Crippen LogP contribution is -2.39. The Hall–Kier alpha value is -2.34. The van der Waals surface area contributed by atoms with Gasteiger partial charge in [-0.1, -0.05) is 29.8 Å². The predicted octanol–water partition coefficient (Wildman–Crippen LogP) is 5.63. The van der Waals surface area contributed by atoms with E-state index in [1.807, 2.05) is 42.7 Å². The van der Waals surface area contributed by atoms with Crippen LogP contribution >= 0.6 is 23.2 Å². The highest BCUT2D eigenvalue weighted by molar-refractivity contribution is 6.34. The van der Waals surface area contributed by atoms with Gasteiger partial charge in [-0.3, -0.25) is 9.78 Å². The molecule has 1 aromatic carbocycles. The van der Waals surface area contributed by atoms with E-state index in [0.717, 1.165) is 49.1 Å². The first kappa shape index (κ1) is 24.8. The first-order chi connectivity index (χ1) is 16.5. The largest absolute Gasteiger partial charge is 0.371 e. The Bertz CT molecular complexity index is 1010. The van der Waals surface area contributed by atoms with Crippen molar-refractivity contribution in [1.82, 2.24) is 10.3 Å². The molecule has 1 saturated heterocycles. The van der Waals surface area contributed by atoms with E-state index in [2.05, 4.69) is 21.8 Å². The molecule has 1 aromatic heterocycles. The lowest BCUT2D eigenvalue weighted by molar-refractivity contribution is -0.118. The molecule has 5 nitrogen and oxygen atoms in total. The van der Waals surface area contributed by atoms with Gasteiger partial charge in [0.2, 0.25) is 5.91 Å². The quantitative estimate of drug-likeness (QED) is 0.478. The van der Waals surface area contributed by atoms with E-state index in [1.54, 1.807) is 6.07 Å². The number of halogens is 2. The SMILES string of the molecule is C=C1CCC(C(=O)NCC2CCN(c3ccncc3)CC2)=CC1OCCc1cc(Cl)cc(Cl)c1. The maximum Gasteiger partial charge on any atom is 0.247 e. The monoisotopic (exact) mass is 499 g/mol. The standard InChI is InChI=1S/C27H31Cl2N3O2/c1-19-2-3-22(16-26(19)34-13-8-21-14-23(28)17-24(29)15-21)27(33)31-18-20-6-11-32(12-7-20)25-4-9-30-10-5-25/h4-5,9-10,14-17,20,26H,1-3,6-8,11-13,18H2,(H,31,33). The molecule has 2 aromatic rings. The number of carbonyl (C=O) groups excluding carboxylic acids is 1. The number of ether oxygens (including phenoxy) is 1. The molecule has 1 amide bonds. The Morgan fingerprint density at radius 2 is 1.82 bits per heavy atom. The minimum Gasteiger partial charge on any atom is -0.371 e. The number of carbonyl (C=O) groups is 1. The third-order valence-corrected chi connectivity index (χ3v) is 7.00. The average molecular weight is 500 g/mol. The summed E-state index contributed by atoms with van der Waals surface area (Å²) in [6.45, 7) is 7.36. The highest BCUT2D eigenvalue weighted by Crippen LogP contribution is 2.26. The fraction of sp³-hybridized carbons (Fsp3) is 0.407. The van der Waals surface area contributed by atoms with Crippen LogP contribution in [0.1, 0.15) is 31.2 Å². The molecule has 1 aliphatic heterocycles. The summed E-state index contributed by atoms with van der Waals surface area (Å²) in [5.41, 5.74) is 4.03. The highest BCUT2D eigenvalue weighted by atomic mass is 35.5. The van der Waals surface area contributed by atoms with E-state index in [4.69, 9.17) is 27.9 Å². The van der Waals surface area contributed by atoms with Crippen LogP contribution in [0.5, 0.6) is 0 Å². The second-order valence-electron chi connectivity index (χ2n) is 9.02. The van der Waals surface area contributed by atoms with Crippen LogP contribution in [0.4, 0.5) is 5.69 Å². The van der Waals surface area contributed by atoms with Crippen LogP contribution in [0.25, 0.3) is 0 Å². The van der Waals surface area contributed by atoms with E-state index in [-0.39, 0.29) is 12.0 Å². The van der Waals surface area contributed by atoms with Crippen LogP contribution in [0.3, 0.4) is 0 Å². The summed E-state index contributed by atoms with van der Waals surface area (Å²) in [7, 11) is 0. The zero-order chi connectivity index (χ0) is 23.9. The van der Waals surface area contributed by atoms with E-state index < -0.39 is 0 Å².